The Morgan fingerprint density at radius 2 is 1.88 bits per heavy atom. The molecule has 1 amide bonds. The van der Waals surface area contributed by atoms with E-state index in [-0.39, 0.29) is 11.3 Å². The predicted octanol–water partition coefficient (Wildman–Crippen LogP) is 5.54. The lowest BCUT2D eigenvalue weighted by molar-refractivity contribution is 0.0757. The highest BCUT2D eigenvalue weighted by Crippen LogP contribution is 2.42. The van der Waals surface area contributed by atoms with E-state index in [1.165, 1.54) is 7.11 Å². The fraction of sp³-hybridized carbons (Fsp3) is 0.235. The van der Waals surface area contributed by atoms with Gasteiger partial charge in [-0.2, -0.15) is 0 Å². The molecule has 2 aromatic carbocycles. The standard InChI is InChI=1S/C17H14Cl3NO2S/c1-23-15-5-3-10(18)8-13(15)16(22)21-6-7-24-17(21)12-4-2-11(19)9-14(12)20/h2-5,8-9,17H,6-7H2,1H3. The molecule has 1 aliphatic heterocycles. The van der Waals surface area contributed by atoms with E-state index in [0.717, 1.165) is 11.3 Å². The molecule has 1 atom stereocenters. The third-order valence-corrected chi connectivity index (χ3v) is 5.81. The van der Waals surface area contributed by atoms with Crippen LogP contribution in [0.25, 0.3) is 0 Å². The van der Waals surface area contributed by atoms with Crippen LogP contribution in [0.3, 0.4) is 0 Å². The highest BCUT2D eigenvalue weighted by atomic mass is 35.5. The zero-order valence-corrected chi connectivity index (χ0v) is 15.8. The van der Waals surface area contributed by atoms with E-state index in [0.29, 0.717) is 32.9 Å². The van der Waals surface area contributed by atoms with Crippen LogP contribution in [0, 0.1) is 0 Å². The molecule has 126 valence electrons. The van der Waals surface area contributed by atoms with Crippen molar-refractivity contribution in [1.29, 1.82) is 0 Å². The van der Waals surface area contributed by atoms with Gasteiger partial charge in [0.2, 0.25) is 0 Å². The monoisotopic (exact) mass is 401 g/mol. The maximum absolute atomic E-state index is 13.0. The Hall–Kier alpha value is -1.07. The maximum atomic E-state index is 13.0. The van der Waals surface area contributed by atoms with E-state index in [4.69, 9.17) is 39.5 Å². The number of nitrogens with zero attached hydrogens (tertiary/aromatic N) is 1. The first-order valence-corrected chi connectivity index (χ1v) is 9.40. The van der Waals surface area contributed by atoms with Crippen LogP contribution in [0.15, 0.2) is 36.4 Å². The van der Waals surface area contributed by atoms with Gasteiger partial charge in [0, 0.05) is 32.9 Å². The quantitative estimate of drug-likeness (QED) is 0.674. The first kappa shape index (κ1) is 17.7. The van der Waals surface area contributed by atoms with Gasteiger partial charge in [0.1, 0.15) is 11.1 Å². The third kappa shape index (κ3) is 3.47. The lowest BCUT2D eigenvalue weighted by atomic mass is 10.1. The number of ether oxygens (including phenoxy) is 1. The Morgan fingerprint density at radius 1 is 1.17 bits per heavy atom. The lowest BCUT2D eigenvalue weighted by Gasteiger charge is -2.25. The van der Waals surface area contributed by atoms with Gasteiger partial charge in [-0.1, -0.05) is 40.9 Å². The third-order valence-electron chi connectivity index (χ3n) is 3.77. The predicted molar refractivity (Wildman–Crippen MR) is 101 cm³/mol. The van der Waals surface area contributed by atoms with Crippen molar-refractivity contribution in [1.82, 2.24) is 4.90 Å². The number of amides is 1. The minimum absolute atomic E-state index is 0.129. The number of hydrogen-bond acceptors (Lipinski definition) is 3. The first-order chi connectivity index (χ1) is 11.5. The van der Waals surface area contributed by atoms with Gasteiger partial charge < -0.3 is 9.64 Å². The summed E-state index contributed by atoms with van der Waals surface area (Å²) in [6.45, 7) is 0.628. The van der Waals surface area contributed by atoms with Crippen molar-refractivity contribution in [3.05, 3.63) is 62.6 Å². The molecule has 0 aliphatic carbocycles. The summed E-state index contributed by atoms with van der Waals surface area (Å²) >= 11 is 20.0. The van der Waals surface area contributed by atoms with Crippen molar-refractivity contribution >= 4 is 52.5 Å². The van der Waals surface area contributed by atoms with Crippen LogP contribution in [-0.4, -0.2) is 30.2 Å². The molecule has 2 aromatic rings. The number of carbonyl (C=O) groups is 1. The molecule has 7 heteroatoms. The van der Waals surface area contributed by atoms with Crippen LogP contribution in [0.1, 0.15) is 21.3 Å². The Labute approximate surface area is 159 Å². The first-order valence-electron chi connectivity index (χ1n) is 7.22. The molecule has 0 radical (unpaired) electrons. The van der Waals surface area contributed by atoms with E-state index in [9.17, 15) is 4.79 Å². The lowest BCUT2D eigenvalue weighted by Crippen LogP contribution is -2.30. The molecule has 1 heterocycles. The summed E-state index contributed by atoms with van der Waals surface area (Å²) in [7, 11) is 1.53. The molecule has 0 aromatic heterocycles. The van der Waals surface area contributed by atoms with Gasteiger partial charge >= 0.3 is 0 Å². The smallest absolute Gasteiger partial charge is 0.258 e. The molecule has 1 aliphatic rings. The Balaban J connectivity index is 1.96. The van der Waals surface area contributed by atoms with Crippen LogP contribution in [0.5, 0.6) is 5.75 Å². The minimum Gasteiger partial charge on any atom is -0.496 e. The number of thioether (sulfide) groups is 1. The molecular weight excluding hydrogens is 389 g/mol. The Morgan fingerprint density at radius 3 is 2.58 bits per heavy atom. The van der Waals surface area contributed by atoms with Crippen molar-refractivity contribution in [3.8, 4) is 5.75 Å². The van der Waals surface area contributed by atoms with Crippen LogP contribution in [0.4, 0.5) is 0 Å². The summed E-state index contributed by atoms with van der Waals surface area (Å²) < 4.78 is 5.30. The average molecular weight is 403 g/mol. The van der Waals surface area contributed by atoms with Crippen LogP contribution >= 0.6 is 46.6 Å². The number of halogens is 3. The second-order valence-corrected chi connectivity index (χ2v) is 7.70. The number of carbonyl (C=O) groups excluding carboxylic acids is 1. The number of hydrogen-bond donors (Lipinski definition) is 0. The average Bonchev–Trinajstić information content (AvgIpc) is 3.03. The summed E-state index contributed by atoms with van der Waals surface area (Å²) in [5, 5.41) is 1.46. The summed E-state index contributed by atoms with van der Waals surface area (Å²) in [6.07, 6.45) is 0. The van der Waals surface area contributed by atoms with Gasteiger partial charge in [-0.15, -0.1) is 11.8 Å². The van der Waals surface area contributed by atoms with Gasteiger partial charge in [0.05, 0.1) is 12.7 Å². The molecule has 1 saturated heterocycles. The van der Waals surface area contributed by atoms with E-state index < -0.39 is 0 Å². The van der Waals surface area contributed by atoms with Crippen molar-refractivity contribution in [2.75, 3.05) is 19.4 Å². The molecule has 1 fully saturated rings. The number of rotatable bonds is 3. The molecule has 3 rings (SSSR count). The van der Waals surface area contributed by atoms with Gasteiger partial charge in [-0.05, 0) is 30.3 Å². The van der Waals surface area contributed by atoms with E-state index in [1.807, 2.05) is 6.07 Å². The highest BCUT2D eigenvalue weighted by Gasteiger charge is 2.33. The topological polar surface area (TPSA) is 29.5 Å². The molecule has 3 nitrogen and oxygen atoms in total. The molecule has 0 N–H and O–H groups in total. The maximum Gasteiger partial charge on any atom is 0.258 e. The van der Waals surface area contributed by atoms with Crippen molar-refractivity contribution in [3.63, 3.8) is 0 Å². The molecule has 1 unspecified atom stereocenters. The van der Waals surface area contributed by atoms with Gasteiger partial charge in [-0.3, -0.25) is 4.79 Å². The fourth-order valence-electron chi connectivity index (χ4n) is 2.64. The van der Waals surface area contributed by atoms with Gasteiger partial charge in [0.25, 0.3) is 5.91 Å². The SMILES string of the molecule is COc1ccc(Cl)cc1C(=O)N1CCSC1c1ccc(Cl)cc1Cl. The summed E-state index contributed by atoms with van der Waals surface area (Å²) in [4.78, 5) is 14.8. The second-order valence-electron chi connectivity index (χ2n) is 5.23. The molecular formula is C17H14Cl3NO2S. The van der Waals surface area contributed by atoms with E-state index in [1.54, 1.807) is 47.0 Å². The van der Waals surface area contributed by atoms with Crippen LogP contribution in [-0.2, 0) is 0 Å². The minimum atomic E-state index is -0.161. The van der Waals surface area contributed by atoms with E-state index in [2.05, 4.69) is 0 Å². The largest absolute Gasteiger partial charge is 0.496 e. The molecule has 24 heavy (non-hydrogen) atoms. The summed E-state index contributed by atoms with van der Waals surface area (Å²) in [6, 6.07) is 10.4. The Bertz CT molecular complexity index is 784. The van der Waals surface area contributed by atoms with Crippen LogP contribution in [0.2, 0.25) is 15.1 Å². The van der Waals surface area contributed by atoms with E-state index >= 15 is 0 Å². The highest BCUT2D eigenvalue weighted by molar-refractivity contribution is 7.99. The number of methoxy groups -OCH3 is 1. The van der Waals surface area contributed by atoms with Gasteiger partial charge in [0.15, 0.2) is 0 Å². The second kappa shape index (κ2) is 7.44. The van der Waals surface area contributed by atoms with Gasteiger partial charge in [-0.25, -0.2) is 0 Å². The molecule has 0 spiro atoms. The summed E-state index contributed by atoms with van der Waals surface area (Å²) in [5.74, 6) is 1.20. The Kier molecular flexibility index (Phi) is 5.50. The normalized spacial score (nSPS) is 17.2. The number of benzene rings is 2. The fourth-order valence-corrected chi connectivity index (χ4v) is 4.68. The van der Waals surface area contributed by atoms with Crippen molar-refractivity contribution in [2.24, 2.45) is 0 Å². The molecule has 0 bridgehead atoms. The van der Waals surface area contributed by atoms with Crippen molar-refractivity contribution < 1.29 is 9.53 Å². The van der Waals surface area contributed by atoms with Crippen molar-refractivity contribution in [2.45, 2.75) is 5.37 Å². The zero-order valence-electron chi connectivity index (χ0n) is 12.8. The van der Waals surface area contributed by atoms with Crippen LogP contribution < -0.4 is 4.74 Å². The summed E-state index contributed by atoms with van der Waals surface area (Å²) in [5.41, 5.74) is 1.32. The zero-order chi connectivity index (χ0) is 17.3. The molecule has 0 saturated carbocycles.